The van der Waals surface area contributed by atoms with Crippen molar-refractivity contribution in [2.45, 2.75) is 60.0 Å². The molecular formula is C26H38N4O5. The first-order valence-corrected chi connectivity index (χ1v) is 11.9. The van der Waals surface area contributed by atoms with Gasteiger partial charge in [0.15, 0.2) is 0 Å². The lowest BCUT2D eigenvalue weighted by molar-refractivity contribution is -0.120. The van der Waals surface area contributed by atoms with Crippen LogP contribution in [0.25, 0.3) is 0 Å². The Hall–Kier alpha value is -3.33. The van der Waals surface area contributed by atoms with Crippen molar-refractivity contribution in [3.63, 3.8) is 0 Å². The molecule has 1 aromatic carbocycles. The van der Waals surface area contributed by atoms with Crippen molar-refractivity contribution in [3.8, 4) is 11.6 Å². The molecule has 192 valence electrons. The van der Waals surface area contributed by atoms with Crippen LogP contribution in [-0.4, -0.2) is 48.9 Å². The van der Waals surface area contributed by atoms with Gasteiger partial charge >= 0.3 is 6.09 Å². The predicted molar refractivity (Wildman–Crippen MR) is 137 cm³/mol. The summed E-state index contributed by atoms with van der Waals surface area (Å²) in [6, 6.07) is 9.29. The third kappa shape index (κ3) is 9.82. The fourth-order valence-electron chi connectivity index (χ4n) is 3.12. The molecule has 1 aromatic heterocycles. The van der Waals surface area contributed by atoms with E-state index in [9.17, 15) is 9.59 Å². The van der Waals surface area contributed by atoms with Crippen LogP contribution in [0.1, 0.15) is 51.8 Å². The molecule has 0 aliphatic carbocycles. The number of amides is 2. The maximum absolute atomic E-state index is 12.5. The molecule has 1 heterocycles. The molecule has 9 heteroatoms. The van der Waals surface area contributed by atoms with Gasteiger partial charge in [0.1, 0.15) is 23.6 Å². The monoisotopic (exact) mass is 486 g/mol. The van der Waals surface area contributed by atoms with Crippen LogP contribution in [0.2, 0.25) is 0 Å². The summed E-state index contributed by atoms with van der Waals surface area (Å²) >= 11 is 0. The first-order chi connectivity index (χ1) is 16.6. The molecule has 0 unspecified atom stereocenters. The van der Waals surface area contributed by atoms with E-state index in [1.54, 1.807) is 0 Å². The highest BCUT2D eigenvalue weighted by atomic mass is 16.6. The van der Waals surface area contributed by atoms with Crippen molar-refractivity contribution < 1.29 is 23.8 Å². The number of hydrogen-bond acceptors (Lipinski definition) is 7. The molecule has 0 fully saturated rings. The standard InChI is InChI=1S/C26H38N4O5/c1-7-33-17-21(31)30-23-22(27-15-11-12-16-28-25(32)35-26(4,5)6)18(2)19(3)29-24(23)34-20-13-9-8-10-14-20/h8-10,13-14H,7,11-12,15-17H2,1-6H3,(H,27,29)(H,28,32)(H,30,31). The molecule has 3 N–H and O–H groups in total. The quantitative estimate of drug-likeness (QED) is 0.354. The normalized spacial score (nSPS) is 11.0. The summed E-state index contributed by atoms with van der Waals surface area (Å²) in [5.41, 5.74) is 2.38. The second-order valence-corrected chi connectivity index (χ2v) is 9.04. The lowest BCUT2D eigenvalue weighted by Crippen LogP contribution is -2.33. The Morgan fingerprint density at radius 1 is 1.00 bits per heavy atom. The van der Waals surface area contributed by atoms with E-state index in [0.717, 1.165) is 29.8 Å². The minimum Gasteiger partial charge on any atom is -0.444 e. The maximum Gasteiger partial charge on any atom is 0.407 e. The van der Waals surface area contributed by atoms with Gasteiger partial charge in [0.05, 0.1) is 5.69 Å². The molecule has 35 heavy (non-hydrogen) atoms. The molecule has 0 aliphatic rings. The van der Waals surface area contributed by atoms with E-state index in [0.29, 0.717) is 37.0 Å². The van der Waals surface area contributed by atoms with Crippen LogP contribution in [0.15, 0.2) is 30.3 Å². The maximum atomic E-state index is 12.5. The van der Waals surface area contributed by atoms with Crippen LogP contribution >= 0.6 is 0 Å². The van der Waals surface area contributed by atoms with Crippen LogP contribution in [0.3, 0.4) is 0 Å². The molecule has 9 nitrogen and oxygen atoms in total. The minimum atomic E-state index is -0.523. The highest BCUT2D eigenvalue weighted by molar-refractivity contribution is 5.97. The van der Waals surface area contributed by atoms with Crippen LogP contribution in [0.4, 0.5) is 16.2 Å². The number of nitrogens with zero attached hydrogens (tertiary/aromatic N) is 1. The number of carbonyl (C=O) groups excluding carboxylic acids is 2. The molecule has 0 saturated heterocycles. The van der Waals surface area contributed by atoms with Gasteiger partial charge < -0.3 is 30.2 Å². The Bertz CT molecular complexity index is 974. The highest BCUT2D eigenvalue weighted by Gasteiger charge is 2.20. The van der Waals surface area contributed by atoms with Gasteiger partial charge in [0.25, 0.3) is 5.91 Å². The lowest BCUT2D eigenvalue weighted by atomic mass is 10.1. The lowest BCUT2D eigenvalue weighted by Gasteiger charge is -2.21. The zero-order valence-corrected chi connectivity index (χ0v) is 21.6. The number of unbranched alkanes of at least 4 members (excludes halogenated alkanes) is 1. The van der Waals surface area contributed by atoms with Crippen molar-refractivity contribution in [2.75, 3.05) is 36.9 Å². The van der Waals surface area contributed by atoms with Gasteiger partial charge in [-0.1, -0.05) is 18.2 Å². The van der Waals surface area contributed by atoms with E-state index in [2.05, 4.69) is 20.9 Å². The van der Waals surface area contributed by atoms with Gasteiger partial charge in [0.2, 0.25) is 5.88 Å². The smallest absolute Gasteiger partial charge is 0.407 e. The summed E-state index contributed by atoms with van der Waals surface area (Å²) in [5, 5.41) is 9.08. The number of para-hydroxylation sites is 1. The summed E-state index contributed by atoms with van der Waals surface area (Å²) < 4.78 is 16.5. The number of aryl methyl sites for hydroxylation is 1. The number of benzene rings is 1. The molecule has 0 radical (unpaired) electrons. The molecule has 0 bridgehead atoms. The van der Waals surface area contributed by atoms with Crippen LogP contribution in [0, 0.1) is 13.8 Å². The average molecular weight is 487 g/mol. The van der Waals surface area contributed by atoms with Crippen molar-refractivity contribution >= 4 is 23.4 Å². The summed E-state index contributed by atoms with van der Waals surface area (Å²) in [5.74, 6) is 0.625. The van der Waals surface area contributed by atoms with E-state index < -0.39 is 11.7 Å². The first-order valence-electron chi connectivity index (χ1n) is 11.9. The number of carbonyl (C=O) groups is 2. The largest absolute Gasteiger partial charge is 0.444 e. The fraction of sp³-hybridized carbons (Fsp3) is 0.500. The van der Waals surface area contributed by atoms with Crippen molar-refractivity contribution in [1.82, 2.24) is 10.3 Å². The topological polar surface area (TPSA) is 111 Å². The number of nitrogens with one attached hydrogen (secondary N) is 3. The summed E-state index contributed by atoms with van der Waals surface area (Å²) in [7, 11) is 0. The highest BCUT2D eigenvalue weighted by Crippen LogP contribution is 2.37. The number of rotatable bonds is 12. The molecule has 0 spiro atoms. The summed E-state index contributed by atoms with van der Waals surface area (Å²) in [6.07, 6.45) is 1.13. The van der Waals surface area contributed by atoms with Gasteiger partial charge in [-0.15, -0.1) is 0 Å². The molecule has 2 amide bonds. The number of hydrogen-bond donors (Lipinski definition) is 3. The molecule has 0 atom stereocenters. The molecule has 0 saturated carbocycles. The van der Waals surface area contributed by atoms with Crippen molar-refractivity contribution in [3.05, 3.63) is 41.6 Å². The Kier molecular flexibility index (Phi) is 10.8. The number of pyridine rings is 1. The van der Waals surface area contributed by atoms with E-state index in [4.69, 9.17) is 14.2 Å². The molecular weight excluding hydrogens is 448 g/mol. The predicted octanol–water partition coefficient (Wildman–Crippen LogP) is 5.18. The molecule has 2 rings (SSSR count). The van der Waals surface area contributed by atoms with Crippen molar-refractivity contribution in [1.29, 1.82) is 0 Å². The fourth-order valence-corrected chi connectivity index (χ4v) is 3.12. The van der Waals surface area contributed by atoms with Crippen LogP contribution in [-0.2, 0) is 14.3 Å². The molecule has 2 aromatic rings. The van der Waals surface area contributed by atoms with Crippen LogP contribution < -0.4 is 20.7 Å². The Morgan fingerprint density at radius 3 is 2.34 bits per heavy atom. The second kappa shape index (κ2) is 13.5. The van der Waals surface area contributed by atoms with Gasteiger partial charge in [-0.05, 0) is 72.1 Å². The van der Waals surface area contributed by atoms with Gasteiger partial charge in [-0.25, -0.2) is 9.78 Å². The number of ether oxygens (including phenoxy) is 3. The summed E-state index contributed by atoms with van der Waals surface area (Å²) in [4.78, 5) is 28.9. The van der Waals surface area contributed by atoms with Gasteiger partial charge in [0, 0.05) is 25.4 Å². The van der Waals surface area contributed by atoms with E-state index in [1.165, 1.54) is 0 Å². The first kappa shape index (κ1) is 27.9. The van der Waals surface area contributed by atoms with Crippen LogP contribution in [0.5, 0.6) is 11.6 Å². The third-order valence-electron chi connectivity index (χ3n) is 4.88. The zero-order valence-electron chi connectivity index (χ0n) is 21.6. The summed E-state index contributed by atoms with van der Waals surface area (Å²) in [6.45, 7) is 12.7. The van der Waals surface area contributed by atoms with Gasteiger partial charge in [-0.2, -0.15) is 0 Å². The van der Waals surface area contributed by atoms with Gasteiger partial charge in [-0.3, -0.25) is 4.79 Å². The van der Waals surface area contributed by atoms with E-state index in [1.807, 2.05) is 71.9 Å². The number of anilines is 2. The Balaban J connectivity index is 2.11. The third-order valence-corrected chi connectivity index (χ3v) is 4.88. The number of aromatic nitrogens is 1. The minimum absolute atomic E-state index is 0.0655. The Morgan fingerprint density at radius 2 is 1.69 bits per heavy atom. The zero-order chi connectivity index (χ0) is 25.8. The number of alkyl carbamates (subject to hydrolysis) is 1. The molecule has 0 aliphatic heterocycles. The average Bonchev–Trinajstić information content (AvgIpc) is 2.79. The Labute approximate surface area is 207 Å². The SMILES string of the molecule is CCOCC(=O)Nc1c(Oc2ccccc2)nc(C)c(C)c1NCCCCNC(=O)OC(C)(C)C. The van der Waals surface area contributed by atoms with Crippen molar-refractivity contribution in [2.24, 2.45) is 0 Å². The van der Waals surface area contributed by atoms with E-state index in [-0.39, 0.29) is 12.5 Å². The second-order valence-electron chi connectivity index (χ2n) is 9.04. The van der Waals surface area contributed by atoms with E-state index >= 15 is 0 Å².